The van der Waals surface area contributed by atoms with Crippen molar-refractivity contribution in [2.45, 2.75) is 25.0 Å². The minimum atomic E-state index is 0. The number of thioether (sulfide) groups is 1. The van der Waals surface area contributed by atoms with Gasteiger partial charge in [-0.1, -0.05) is 0 Å². The Morgan fingerprint density at radius 1 is 1.17 bits per heavy atom. The van der Waals surface area contributed by atoms with Gasteiger partial charge in [0.25, 0.3) is 0 Å². The van der Waals surface area contributed by atoms with Crippen LogP contribution in [0.25, 0.3) is 0 Å². The van der Waals surface area contributed by atoms with Gasteiger partial charge >= 0.3 is 0 Å². The first-order valence-corrected chi connectivity index (χ1v) is 9.00. The molecule has 5 nitrogen and oxygen atoms in total. The summed E-state index contributed by atoms with van der Waals surface area (Å²) in [4.78, 5) is 4.23. The van der Waals surface area contributed by atoms with Gasteiger partial charge in [0.2, 0.25) is 0 Å². The van der Waals surface area contributed by atoms with E-state index >= 15 is 0 Å². The number of hydrogen-bond acceptors (Lipinski definition) is 4. The fourth-order valence-electron chi connectivity index (χ4n) is 1.73. The standard InChI is InChI=1S/C17H29N3O2S.HI/c1-17(2,23-5)13-20-16(18-3)19-11-6-12-22-15-9-7-14(21-4)8-10-15;/h7-10H,6,11-13H2,1-5H3,(H2,18,19,20);1H. The van der Waals surface area contributed by atoms with Crippen molar-refractivity contribution in [1.29, 1.82) is 0 Å². The quantitative estimate of drug-likeness (QED) is 0.253. The van der Waals surface area contributed by atoms with Crippen molar-refractivity contribution in [3.05, 3.63) is 24.3 Å². The molecule has 1 aromatic carbocycles. The predicted octanol–water partition coefficient (Wildman–Crippen LogP) is 3.39. The summed E-state index contributed by atoms with van der Waals surface area (Å²) in [6.07, 6.45) is 3.02. The molecule has 24 heavy (non-hydrogen) atoms. The lowest BCUT2D eigenvalue weighted by Crippen LogP contribution is -2.43. The van der Waals surface area contributed by atoms with Crippen molar-refractivity contribution < 1.29 is 9.47 Å². The molecule has 0 spiro atoms. The van der Waals surface area contributed by atoms with Crippen LogP contribution in [0.2, 0.25) is 0 Å². The van der Waals surface area contributed by atoms with E-state index in [1.165, 1.54) is 0 Å². The van der Waals surface area contributed by atoms with Crippen LogP contribution in [0, 0.1) is 0 Å². The largest absolute Gasteiger partial charge is 0.497 e. The maximum atomic E-state index is 5.69. The predicted molar refractivity (Wildman–Crippen MR) is 115 cm³/mol. The van der Waals surface area contributed by atoms with Crippen LogP contribution in [0.15, 0.2) is 29.3 Å². The molecule has 0 bridgehead atoms. The molecule has 0 unspecified atom stereocenters. The lowest BCUT2D eigenvalue weighted by molar-refractivity contribution is 0.310. The van der Waals surface area contributed by atoms with Gasteiger partial charge in [0.15, 0.2) is 5.96 Å². The first-order valence-electron chi connectivity index (χ1n) is 7.77. The topological polar surface area (TPSA) is 54.9 Å². The Morgan fingerprint density at radius 2 is 1.79 bits per heavy atom. The second kappa shape index (κ2) is 12.5. The third-order valence-electron chi connectivity index (χ3n) is 3.40. The number of aliphatic imine (C=N–C) groups is 1. The monoisotopic (exact) mass is 467 g/mol. The van der Waals surface area contributed by atoms with E-state index in [9.17, 15) is 0 Å². The zero-order valence-corrected chi connectivity index (χ0v) is 18.4. The number of halogens is 1. The van der Waals surface area contributed by atoms with Gasteiger partial charge < -0.3 is 20.1 Å². The Balaban J connectivity index is 0.00000529. The lowest BCUT2D eigenvalue weighted by Gasteiger charge is -2.23. The molecule has 0 amide bonds. The molecule has 0 atom stereocenters. The summed E-state index contributed by atoms with van der Waals surface area (Å²) < 4.78 is 11.0. The third kappa shape index (κ3) is 9.46. The van der Waals surface area contributed by atoms with E-state index in [1.54, 1.807) is 14.2 Å². The highest BCUT2D eigenvalue weighted by Crippen LogP contribution is 2.19. The number of nitrogens with zero attached hydrogens (tertiary/aromatic N) is 1. The molecule has 7 heteroatoms. The lowest BCUT2D eigenvalue weighted by atomic mass is 10.2. The fraction of sp³-hybridized carbons (Fsp3) is 0.588. The van der Waals surface area contributed by atoms with Crippen molar-refractivity contribution in [3.63, 3.8) is 0 Å². The fourth-order valence-corrected chi connectivity index (χ4v) is 1.95. The molecule has 0 aliphatic carbocycles. The summed E-state index contributed by atoms with van der Waals surface area (Å²) in [5.74, 6) is 2.52. The van der Waals surface area contributed by atoms with E-state index in [4.69, 9.17) is 9.47 Å². The highest BCUT2D eigenvalue weighted by atomic mass is 127. The van der Waals surface area contributed by atoms with E-state index in [-0.39, 0.29) is 28.7 Å². The number of methoxy groups -OCH3 is 1. The maximum Gasteiger partial charge on any atom is 0.191 e. The van der Waals surface area contributed by atoms with Crippen LogP contribution in [0.5, 0.6) is 11.5 Å². The van der Waals surface area contributed by atoms with Gasteiger partial charge in [0, 0.05) is 24.9 Å². The third-order valence-corrected chi connectivity index (χ3v) is 4.65. The molecule has 0 fully saturated rings. The van der Waals surface area contributed by atoms with Crippen LogP contribution in [0.3, 0.4) is 0 Å². The summed E-state index contributed by atoms with van der Waals surface area (Å²) in [6.45, 7) is 6.76. The molecule has 0 aliphatic rings. The molecule has 0 aliphatic heterocycles. The van der Waals surface area contributed by atoms with Crippen molar-refractivity contribution in [2.75, 3.05) is 40.1 Å². The molecule has 138 valence electrons. The molecule has 0 aromatic heterocycles. The molecular weight excluding hydrogens is 437 g/mol. The molecule has 0 saturated heterocycles. The molecule has 2 N–H and O–H groups in total. The van der Waals surface area contributed by atoms with Crippen LogP contribution in [0.1, 0.15) is 20.3 Å². The molecular formula is C17H30IN3O2S. The molecule has 1 aromatic rings. The van der Waals surface area contributed by atoms with Gasteiger partial charge in [-0.05, 0) is 50.8 Å². The summed E-state index contributed by atoms with van der Waals surface area (Å²) in [7, 11) is 3.44. The first-order chi connectivity index (χ1) is 11.0. The molecule has 1 rings (SSSR count). The molecule has 0 radical (unpaired) electrons. The van der Waals surface area contributed by atoms with Gasteiger partial charge in [-0.2, -0.15) is 11.8 Å². The van der Waals surface area contributed by atoms with Crippen LogP contribution in [0.4, 0.5) is 0 Å². The minimum absolute atomic E-state index is 0. The number of guanidine groups is 1. The van der Waals surface area contributed by atoms with E-state index in [2.05, 4.69) is 35.7 Å². The first kappa shape index (κ1) is 23.2. The number of rotatable bonds is 9. The van der Waals surface area contributed by atoms with Gasteiger partial charge in [-0.3, -0.25) is 4.99 Å². The van der Waals surface area contributed by atoms with Gasteiger partial charge in [0.05, 0.1) is 13.7 Å². The summed E-state index contributed by atoms with van der Waals surface area (Å²) in [6, 6.07) is 7.62. The second-order valence-corrected chi connectivity index (χ2v) is 7.21. The van der Waals surface area contributed by atoms with Crippen LogP contribution < -0.4 is 20.1 Å². The van der Waals surface area contributed by atoms with E-state index in [1.807, 2.05) is 36.0 Å². The van der Waals surface area contributed by atoms with Crippen molar-refractivity contribution >= 4 is 41.7 Å². The maximum absolute atomic E-state index is 5.69. The van der Waals surface area contributed by atoms with Crippen molar-refractivity contribution in [3.8, 4) is 11.5 Å². The number of hydrogen-bond donors (Lipinski definition) is 2. The second-order valence-electron chi connectivity index (χ2n) is 5.69. The highest BCUT2D eigenvalue weighted by Gasteiger charge is 2.15. The number of benzene rings is 1. The Labute approximate surface area is 167 Å². The van der Waals surface area contributed by atoms with E-state index < -0.39 is 0 Å². The number of nitrogens with one attached hydrogen (secondary N) is 2. The van der Waals surface area contributed by atoms with Crippen LogP contribution >= 0.6 is 35.7 Å². The Hall–Kier alpha value is -0.830. The van der Waals surface area contributed by atoms with Gasteiger partial charge in [-0.15, -0.1) is 24.0 Å². The van der Waals surface area contributed by atoms with Gasteiger partial charge in [0.1, 0.15) is 11.5 Å². The highest BCUT2D eigenvalue weighted by molar-refractivity contribution is 14.0. The van der Waals surface area contributed by atoms with Crippen molar-refractivity contribution in [1.82, 2.24) is 10.6 Å². The zero-order valence-electron chi connectivity index (χ0n) is 15.2. The Morgan fingerprint density at radius 3 is 2.33 bits per heavy atom. The number of ether oxygens (including phenoxy) is 2. The Kier molecular flexibility index (Phi) is 12.1. The summed E-state index contributed by atoms with van der Waals surface area (Å²) >= 11 is 1.84. The van der Waals surface area contributed by atoms with Crippen LogP contribution in [-0.4, -0.2) is 50.8 Å². The van der Waals surface area contributed by atoms with E-state index in [0.717, 1.165) is 37.0 Å². The van der Waals surface area contributed by atoms with E-state index in [0.29, 0.717) is 6.61 Å². The molecule has 0 heterocycles. The normalized spacial score (nSPS) is 11.5. The summed E-state index contributed by atoms with van der Waals surface area (Å²) in [5.41, 5.74) is 0. The average Bonchev–Trinajstić information content (AvgIpc) is 2.57. The average molecular weight is 467 g/mol. The Bertz CT molecular complexity index is 481. The molecule has 0 saturated carbocycles. The summed E-state index contributed by atoms with van der Waals surface area (Å²) in [5, 5.41) is 6.65. The SMILES string of the molecule is CN=C(NCCCOc1ccc(OC)cc1)NCC(C)(C)SC.I. The van der Waals surface area contributed by atoms with Crippen molar-refractivity contribution in [2.24, 2.45) is 4.99 Å². The smallest absolute Gasteiger partial charge is 0.191 e. The van der Waals surface area contributed by atoms with Crippen LogP contribution in [-0.2, 0) is 0 Å². The minimum Gasteiger partial charge on any atom is -0.497 e. The zero-order chi connectivity index (χ0) is 17.1. The van der Waals surface area contributed by atoms with Gasteiger partial charge in [-0.25, -0.2) is 0 Å².